The van der Waals surface area contributed by atoms with Crippen LogP contribution in [-0.2, 0) is 0 Å². The highest BCUT2D eigenvalue weighted by Crippen LogP contribution is 2.22. The van der Waals surface area contributed by atoms with E-state index in [-0.39, 0.29) is 17.9 Å². The lowest BCUT2D eigenvalue weighted by atomic mass is 10.2. The van der Waals surface area contributed by atoms with Crippen molar-refractivity contribution in [3.05, 3.63) is 23.4 Å². The van der Waals surface area contributed by atoms with E-state index in [0.717, 1.165) is 11.0 Å². The Kier molecular flexibility index (Phi) is 4.71. The molecule has 0 aliphatic heterocycles. The van der Waals surface area contributed by atoms with Crippen molar-refractivity contribution in [1.82, 2.24) is 4.98 Å². The first kappa shape index (κ1) is 15.2. The number of carboxylic acids is 1. The zero-order valence-corrected chi connectivity index (χ0v) is 10.1. The van der Waals surface area contributed by atoms with E-state index in [1.807, 2.05) is 0 Å². The van der Waals surface area contributed by atoms with Crippen molar-refractivity contribution in [3.8, 4) is 0 Å². The molecular weight excluding hydrogens is 265 g/mol. The molecule has 2 N–H and O–H groups in total. The summed E-state index contributed by atoms with van der Waals surface area (Å²) < 4.78 is 37.2. The minimum Gasteiger partial charge on any atom is -0.478 e. The highest BCUT2D eigenvalue weighted by Gasteiger charge is 2.31. The summed E-state index contributed by atoms with van der Waals surface area (Å²) in [6.45, 7) is -0.590. The molecule has 0 atom stereocenters. The third kappa shape index (κ3) is 4.74. The Hall–Kier alpha value is -1.83. The summed E-state index contributed by atoms with van der Waals surface area (Å²) in [7, 11) is 0. The Balaban J connectivity index is 3.11. The molecule has 0 saturated heterocycles. The summed E-state index contributed by atoms with van der Waals surface area (Å²) in [4.78, 5) is 15.5. The summed E-state index contributed by atoms with van der Waals surface area (Å²) in [6, 6.07) is 2.31. The second-order valence-electron chi connectivity index (χ2n) is 3.92. The highest BCUT2D eigenvalue weighted by atomic mass is 19.4. The van der Waals surface area contributed by atoms with Crippen LogP contribution in [0.25, 0.3) is 0 Å². The molecule has 8 heteroatoms. The van der Waals surface area contributed by atoms with Crippen LogP contribution in [0.5, 0.6) is 0 Å². The number of anilines is 1. The molecule has 0 aliphatic rings. The number of rotatable bonds is 5. The number of carbonyl (C=O) groups is 1. The lowest BCUT2D eigenvalue weighted by Gasteiger charge is -2.24. The highest BCUT2D eigenvalue weighted by molar-refractivity contribution is 5.88. The fourth-order valence-corrected chi connectivity index (χ4v) is 1.55. The van der Waals surface area contributed by atoms with Gasteiger partial charge in [-0.3, -0.25) is 0 Å². The number of halogens is 3. The third-order valence-corrected chi connectivity index (χ3v) is 2.25. The van der Waals surface area contributed by atoms with E-state index in [1.54, 1.807) is 0 Å². The van der Waals surface area contributed by atoms with Gasteiger partial charge in [0.2, 0.25) is 0 Å². The van der Waals surface area contributed by atoms with Gasteiger partial charge in [0.1, 0.15) is 12.4 Å². The monoisotopic (exact) mass is 278 g/mol. The van der Waals surface area contributed by atoms with Gasteiger partial charge in [0.25, 0.3) is 0 Å². The number of pyridine rings is 1. The molecule has 1 rings (SSSR count). The van der Waals surface area contributed by atoms with E-state index in [1.165, 1.54) is 13.0 Å². The van der Waals surface area contributed by atoms with Gasteiger partial charge in [-0.05, 0) is 19.1 Å². The maximum atomic E-state index is 12.4. The van der Waals surface area contributed by atoms with Gasteiger partial charge < -0.3 is 15.1 Å². The number of aromatic nitrogens is 1. The van der Waals surface area contributed by atoms with Crippen LogP contribution in [0.3, 0.4) is 0 Å². The van der Waals surface area contributed by atoms with Crippen LogP contribution in [0.15, 0.2) is 12.1 Å². The van der Waals surface area contributed by atoms with Crippen LogP contribution in [0.4, 0.5) is 19.0 Å². The predicted molar refractivity (Wildman–Crippen MR) is 61.3 cm³/mol. The maximum absolute atomic E-state index is 12.4. The number of hydrogen-bond donors (Lipinski definition) is 2. The van der Waals surface area contributed by atoms with Crippen molar-refractivity contribution < 1.29 is 28.2 Å². The average molecular weight is 278 g/mol. The average Bonchev–Trinajstić information content (AvgIpc) is 2.25. The lowest BCUT2D eigenvalue weighted by Crippen LogP contribution is -2.37. The molecule has 0 spiro atoms. The Morgan fingerprint density at radius 2 is 2.05 bits per heavy atom. The van der Waals surface area contributed by atoms with Gasteiger partial charge in [0.05, 0.1) is 12.2 Å². The predicted octanol–water partition coefficient (Wildman–Crippen LogP) is 1.45. The molecule has 0 radical (unpaired) electrons. The van der Waals surface area contributed by atoms with Crippen LogP contribution in [0.1, 0.15) is 16.1 Å². The van der Waals surface area contributed by atoms with Crippen LogP contribution in [0, 0.1) is 6.92 Å². The first-order valence-electron chi connectivity index (χ1n) is 5.37. The Labute approximate surface area is 107 Å². The van der Waals surface area contributed by atoms with Gasteiger partial charge >= 0.3 is 12.1 Å². The molecule has 0 fully saturated rings. The zero-order chi connectivity index (χ0) is 14.6. The van der Waals surface area contributed by atoms with Crippen molar-refractivity contribution in [1.29, 1.82) is 0 Å². The quantitative estimate of drug-likeness (QED) is 0.852. The van der Waals surface area contributed by atoms with Crippen molar-refractivity contribution in [3.63, 3.8) is 0 Å². The molecule has 1 aromatic heterocycles. The zero-order valence-electron chi connectivity index (χ0n) is 10.1. The molecule has 1 aromatic rings. The SMILES string of the molecule is Cc1cc(C(=O)O)cc(N(CCO)CC(F)(F)F)n1. The molecule has 1 heterocycles. The second-order valence-corrected chi connectivity index (χ2v) is 3.92. The van der Waals surface area contributed by atoms with Gasteiger partial charge in [0, 0.05) is 12.2 Å². The van der Waals surface area contributed by atoms with Gasteiger partial charge in [-0.15, -0.1) is 0 Å². The van der Waals surface area contributed by atoms with Crippen LogP contribution in [0.2, 0.25) is 0 Å². The standard InChI is InChI=1S/C11H13F3N2O3/c1-7-4-8(10(18)19)5-9(15-7)16(2-3-17)6-11(12,13)14/h4-5,17H,2-3,6H2,1H3,(H,18,19). The first-order valence-corrected chi connectivity index (χ1v) is 5.37. The van der Waals surface area contributed by atoms with Gasteiger partial charge in [-0.1, -0.05) is 0 Å². The van der Waals surface area contributed by atoms with Crippen molar-refractivity contribution in [2.45, 2.75) is 13.1 Å². The smallest absolute Gasteiger partial charge is 0.405 e. The van der Waals surface area contributed by atoms with Gasteiger partial charge in [0.15, 0.2) is 0 Å². The molecule has 0 aliphatic carbocycles. The second kappa shape index (κ2) is 5.87. The molecule has 106 valence electrons. The number of aliphatic hydroxyl groups is 1. The molecular formula is C11H13F3N2O3. The lowest BCUT2D eigenvalue weighted by molar-refractivity contribution is -0.120. The number of aliphatic hydroxyl groups excluding tert-OH is 1. The van der Waals surface area contributed by atoms with Gasteiger partial charge in [-0.25, -0.2) is 9.78 Å². The van der Waals surface area contributed by atoms with Crippen molar-refractivity contribution in [2.24, 2.45) is 0 Å². The molecule has 0 saturated carbocycles. The molecule has 19 heavy (non-hydrogen) atoms. The number of carboxylic acid groups (broad SMARTS) is 1. The van der Waals surface area contributed by atoms with Crippen molar-refractivity contribution >= 4 is 11.8 Å². The van der Waals surface area contributed by atoms with Gasteiger partial charge in [-0.2, -0.15) is 13.2 Å². The molecule has 0 unspecified atom stereocenters. The first-order chi connectivity index (χ1) is 8.73. The van der Waals surface area contributed by atoms with Crippen LogP contribution >= 0.6 is 0 Å². The van der Waals surface area contributed by atoms with Crippen molar-refractivity contribution in [2.75, 3.05) is 24.6 Å². The number of aromatic carboxylic acids is 1. The third-order valence-electron chi connectivity index (χ3n) is 2.25. The van der Waals surface area contributed by atoms with E-state index < -0.39 is 25.3 Å². The van der Waals surface area contributed by atoms with E-state index in [0.29, 0.717) is 5.69 Å². The maximum Gasteiger partial charge on any atom is 0.405 e. The number of aryl methyl sites for hydroxylation is 1. The largest absolute Gasteiger partial charge is 0.478 e. The van der Waals surface area contributed by atoms with E-state index >= 15 is 0 Å². The molecule has 0 aromatic carbocycles. The van der Waals surface area contributed by atoms with E-state index in [4.69, 9.17) is 10.2 Å². The summed E-state index contributed by atoms with van der Waals surface area (Å²) in [5.41, 5.74) is 0.146. The number of nitrogens with zero attached hydrogens (tertiary/aromatic N) is 2. The fraction of sp³-hybridized carbons (Fsp3) is 0.455. The minimum atomic E-state index is -4.47. The van der Waals surface area contributed by atoms with E-state index in [2.05, 4.69) is 4.98 Å². The summed E-state index contributed by atoms with van der Waals surface area (Å²) in [5, 5.41) is 17.6. The Morgan fingerprint density at radius 3 is 2.53 bits per heavy atom. The Bertz CT molecular complexity index is 463. The molecule has 5 nitrogen and oxygen atoms in total. The summed E-state index contributed by atoms with van der Waals surface area (Å²) in [5.74, 6) is -1.37. The topological polar surface area (TPSA) is 73.7 Å². The summed E-state index contributed by atoms with van der Waals surface area (Å²) in [6.07, 6.45) is -4.47. The Morgan fingerprint density at radius 1 is 1.42 bits per heavy atom. The van der Waals surface area contributed by atoms with E-state index in [9.17, 15) is 18.0 Å². The van der Waals surface area contributed by atoms with Crippen LogP contribution in [-0.4, -0.2) is 47.0 Å². The summed E-state index contributed by atoms with van der Waals surface area (Å²) >= 11 is 0. The number of alkyl halides is 3. The molecule has 0 amide bonds. The van der Waals surface area contributed by atoms with Crippen LogP contribution < -0.4 is 4.90 Å². The number of hydrogen-bond acceptors (Lipinski definition) is 4. The molecule has 0 bridgehead atoms. The normalized spacial score (nSPS) is 11.4. The minimum absolute atomic E-state index is 0.122. The fourth-order valence-electron chi connectivity index (χ4n) is 1.55.